The maximum Gasteiger partial charge on any atom is 0.417 e. The number of hydrogen-bond donors (Lipinski definition) is 0. The van der Waals surface area contributed by atoms with Gasteiger partial charge in [-0.1, -0.05) is 60.7 Å². The molecule has 0 spiro atoms. The fourth-order valence-electron chi connectivity index (χ4n) is 3.88. The first-order valence-corrected chi connectivity index (χ1v) is 10.7. The third-order valence-electron chi connectivity index (χ3n) is 5.67. The van der Waals surface area contributed by atoms with Crippen LogP contribution in [0.4, 0.5) is 19.0 Å². The Morgan fingerprint density at radius 3 is 1.91 bits per heavy atom. The van der Waals surface area contributed by atoms with Crippen LogP contribution in [0.15, 0.2) is 79.0 Å². The van der Waals surface area contributed by atoms with Crippen LogP contribution < -0.4 is 4.90 Å². The third-order valence-corrected chi connectivity index (χ3v) is 5.67. The van der Waals surface area contributed by atoms with Crippen molar-refractivity contribution in [3.05, 3.63) is 95.7 Å². The highest BCUT2D eigenvalue weighted by Gasteiger charge is 2.31. The Bertz CT molecular complexity index is 918. The standard InChI is InChI=1S/C25H26F3N3O/c26-25(27,28)22-11-12-23(29-19-22)31-15-13-30(14-16-31)17-18-32-24(20-7-3-1-4-8-20)21-9-5-2-6-10-21/h1-12,19,24H,13-18H2. The number of alkyl halides is 3. The molecule has 0 radical (unpaired) electrons. The fourth-order valence-corrected chi connectivity index (χ4v) is 3.88. The van der Waals surface area contributed by atoms with E-state index in [1.165, 1.54) is 6.07 Å². The summed E-state index contributed by atoms with van der Waals surface area (Å²) in [5.41, 5.74) is 1.53. The molecule has 2 aromatic carbocycles. The second-order valence-electron chi connectivity index (χ2n) is 7.80. The Morgan fingerprint density at radius 1 is 0.812 bits per heavy atom. The quantitative estimate of drug-likeness (QED) is 0.514. The molecule has 1 aromatic heterocycles. The topological polar surface area (TPSA) is 28.6 Å². The molecule has 0 amide bonds. The SMILES string of the molecule is FC(F)(F)c1ccc(N2CCN(CCOC(c3ccccc3)c3ccccc3)CC2)nc1. The van der Waals surface area contributed by atoms with Crippen LogP contribution in [-0.2, 0) is 10.9 Å². The lowest BCUT2D eigenvalue weighted by molar-refractivity contribution is -0.137. The summed E-state index contributed by atoms with van der Waals surface area (Å²) < 4.78 is 44.5. The molecule has 3 aromatic rings. The summed E-state index contributed by atoms with van der Waals surface area (Å²) in [4.78, 5) is 8.34. The lowest BCUT2D eigenvalue weighted by Gasteiger charge is -2.35. The number of anilines is 1. The zero-order valence-corrected chi connectivity index (χ0v) is 17.7. The predicted molar refractivity (Wildman–Crippen MR) is 119 cm³/mol. The van der Waals surface area contributed by atoms with Crippen molar-refractivity contribution in [1.29, 1.82) is 0 Å². The van der Waals surface area contributed by atoms with Gasteiger partial charge in [0.2, 0.25) is 0 Å². The molecule has 0 aliphatic carbocycles. The summed E-state index contributed by atoms with van der Waals surface area (Å²) >= 11 is 0. The highest BCUT2D eigenvalue weighted by atomic mass is 19.4. The van der Waals surface area contributed by atoms with Crippen molar-refractivity contribution in [2.75, 3.05) is 44.2 Å². The van der Waals surface area contributed by atoms with Gasteiger partial charge in [-0.15, -0.1) is 0 Å². The van der Waals surface area contributed by atoms with Gasteiger partial charge in [0.25, 0.3) is 0 Å². The van der Waals surface area contributed by atoms with Crippen molar-refractivity contribution in [3.63, 3.8) is 0 Å². The Labute approximate surface area is 186 Å². The van der Waals surface area contributed by atoms with Crippen molar-refractivity contribution in [2.24, 2.45) is 0 Å². The molecule has 1 aliphatic heterocycles. The van der Waals surface area contributed by atoms with Gasteiger partial charge < -0.3 is 9.64 Å². The molecule has 4 nitrogen and oxygen atoms in total. The minimum Gasteiger partial charge on any atom is -0.367 e. The minimum atomic E-state index is -4.36. The van der Waals surface area contributed by atoms with E-state index in [2.05, 4.69) is 34.1 Å². The van der Waals surface area contributed by atoms with E-state index in [-0.39, 0.29) is 6.10 Å². The van der Waals surface area contributed by atoms with Gasteiger partial charge in [-0.3, -0.25) is 4.90 Å². The highest BCUT2D eigenvalue weighted by Crippen LogP contribution is 2.29. The molecule has 0 atom stereocenters. The maximum absolute atomic E-state index is 12.7. The lowest BCUT2D eigenvalue weighted by atomic mass is 10.0. The molecule has 32 heavy (non-hydrogen) atoms. The summed E-state index contributed by atoms with van der Waals surface area (Å²) in [7, 11) is 0. The van der Waals surface area contributed by atoms with Gasteiger partial charge in [-0.2, -0.15) is 13.2 Å². The number of ether oxygens (including phenoxy) is 1. The zero-order chi connectivity index (χ0) is 22.4. The second kappa shape index (κ2) is 10.1. The van der Waals surface area contributed by atoms with Gasteiger partial charge in [0, 0.05) is 38.9 Å². The normalized spacial score (nSPS) is 15.3. The summed E-state index contributed by atoms with van der Waals surface area (Å²) in [5, 5.41) is 0. The first-order chi connectivity index (χ1) is 15.5. The number of halogens is 3. The molecule has 0 N–H and O–H groups in total. The number of benzene rings is 2. The van der Waals surface area contributed by atoms with Crippen LogP contribution in [0.25, 0.3) is 0 Å². The largest absolute Gasteiger partial charge is 0.417 e. The number of hydrogen-bond acceptors (Lipinski definition) is 4. The molecule has 0 bridgehead atoms. The van der Waals surface area contributed by atoms with E-state index in [0.29, 0.717) is 12.4 Å². The van der Waals surface area contributed by atoms with Crippen molar-refractivity contribution >= 4 is 5.82 Å². The maximum atomic E-state index is 12.7. The van der Waals surface area contributed by atoms with Gasteiger partial charge in [0.05, 0.1) is 12.2 Å². The number of aromatic nitrogens is 1. The fraction of sp³-hybridized carbons (Fsp3) is 0.320. The first kappa shape index (κ1) is 22.3. The smallest absolute Gasteiger partial charge is 0.367 e. The Morgan fingerprint density at radius 2 is 1.41 bits per heavy atom. The first-order valence-electron chi connectivity index (χ1n) is 10.7. The van der Waals surface area contributed by atoms with Crippen LogP contribution in [0.2, 0.25) is 0 Å². The van der Waals surface area contributed by atoms with Crippen molar-refractivity contribution in [3.8, 4) is 0 Å². The minimum absolute atomic E-state index is 0.116. The lowest BCUT2D eigenvalue weighted by Crippen LogP contribution is -2.47. The number of rotatable bonds is 7. The summed E-state index contributed by atoms with van der Waals surface area (Å²) in [6.07, 6.45) is -3.57. The number of piperazine rings is 1. The monoisotopic (exact) mass is 441 g/mol. The molecule has 1 aliphatic rings. The van der Waals surface area contributed by atoms with E-state index in [4.69, 9.17) is 4.74 Å². The van der Waals surface area contributed by atoms with Gasteiger partial charge in [-0.05, 0) is 23.3 Å². The van der Waals surface area contributed by atoms with Crippen molar-refractivity contribution in [2.45, 2.75) is 12.3 Å². The van der Waals surface area contributed by atoms with E-state index >= 15 is 0 Å². The predicted octanol–water partition coefficient (Wildman–Crippen LogP) is 5.03. The molecule has 2 heterocycles. The van der Waals surface area contributed by atoms with Gasteiger partial charge in [-0.25, -0.2) is 4.98 Å². The molecule has 4 rings (SSSR count). The van der Waals surface area contributed by atoms with Crippen molar-refractivity contribution < 1.29 is 17.9 Å². The Balaban J connectivity index is 1.29. The third kappa shape index (κ3) is 5.66. The molecule has 0 saturated carbocycles. The van der Waals surface area contributed by atoms with Gasteiger partial charge in [0.15, 0.2) is 0 Å². The van der Waals surface area contributed by atoms with E-state index < -0.39 is 11.7 Å². The van der Waals surface area contributed by atoms with Gasteiger partial charge >= 0.3 is 6.18 Å². The Hall–Kier alpha value is -2.90. The second-order valence-corrected chi connectivity index (χ2v) is 7.80. The highest BCUT2D eigenvalue weighted by molar-refractivity contribution is 5.40. The van der Waals surface area contributed by atoms with E-state index in [0.717, 1.165) is 56.1 Å². The summed E-state index contributed by atoms with van der Waals surface area (Å²) in [6, 6.07) is 22.9. The molecule has 7 heteroatoms. The van der Waals surface area contributed by atoms with Crippen LogP contribution in [0.1, 0.15) is 22.8 Å². The molecule has 168 valence electrons. The summed E-state index contributed by atoms with van der Waals surface area (Å²) in [5.74, 6) is 0.585. The van der Waals surface area contributed by atoms with E-state index in [9.17, 15) is 13.2 Å². The van der Waals surface area contributed by atoms with Gasteiger partial charge in [0.1, 0.15) is 11.9 Å². The van der Waals surface area contributed by atoms with E-state index in [1.54, 1.807) is 0 Å². The van der Waals surface area contributed by atoms with Crippen LogP contribution >= 0.6 is 0 Å². The molecule has 0 unspecified atom stereocenters. The molecular weight excluding hydrogens is 415 g/mol. The molecule has 1 saturated heterocycles. The van der Waals surface area contributed by atoms with Crippen LogP contribution in [-0.4, -0.2) is 49.2 Å². The van der Waals surface area contributed by atoms with Crippen molar-refractivity contribution in [1.82, 2.24) is 9.88 Å². The van der Waals surface area contributed by atoms with E-state index in [1.807, 2.05) is 41.3 Å². The van der Waals surface area contributed by atoms with Crippen LogP contribution in [0, 0.1) is 0 Å². The summed E-state index contributed by atoms with van der Waals surface area (Å²) in [6.45, 7) is 4.45. The molecular formula is C25H26F3N3O. The van der Waals surface area contributed by atoms with Crippen LogP contribution in [0.5, 0.6) is 0 Å². The zero-order valence-electron chi connectivity index (χ0n) is 17.7. The average Bonchev–Trinajstić information content (AvgIpc) is 2.83. The Kier molecular flexibility index (Phi) is 7.07. The molecule has 1 fully saturated rings. The number of nitrogens with zero attached hydrogens (tertiary/aromatic N) is 3. The average molecular weight is 441 g/mol. The number of pyridine rings is 1. The van der Waals surface area contributed by atoms with Crippen LogP contribution in [0.3, 0.4) is 0 Å².